The SMILES string of the molecule is O=C(Oc1ccc(S(=O)(=O)CCN2CCC(Cc3ccccc3)[C@H](O)C2)cc1)c1ccc(CN2CCOCC2)cc1. The van der Waals surface area contributed by atoms with Gasteiger partial charge < -0.3 is 14.6 Å². The Morgan fingerprint density at radius 2 is 1.59 bits per heavy atom. The topological polar surface area (TPSA) is 96.4 Å². The third-order valence-electron chi connectivity index (χ3n) is 7.92. The highest BCUT2D eigenvalue weighted by Crippen LogP contribution is 2.23. The van der Waals surface area contributed by atoms with E-state index >= 15 is 0 Å². The molecular weight excluding hydrogens is 540 g/mol. The number of carbonyl (C=O) groups excluding carboxylic acids is 1. The van der Waals surface area contributed by atoms with Crippen LogP contribution in [0, 0.1) is 5.92 Å². The number of nitrogens with zero attached hydrogens (tertiary/aromatic N) is 2. The zero-order chi connectivity index (χ0) is 28.7. The summed E-state index contributed by atoms with van der Waals surface area (Å²) in [6, 6.07) is 23.5. The van der Waals surface area contributed by atoms with Crippen LogP contribution in [-0.4, -0.2) is 87.1 Å². The van der Waals surface area contributed by atoms with E-state index in [1.165, 1.54) is 29.8 Å². The number of hydrogen-bond acceptors (Lipinski definition) is 8. The van der Waals surface area contributed by atoms with Gasteiger partial charge >= 0.3 is 5.97 Å². The van der Waals surface area contributed by atoms with Crippen LogP contribution < -0.4 is 4.74 Å². The molecule has 1 unspecified atom stereocenters. The largest absolute Gasteiger partial charge is 0.423 e. The maximum absolute atomic E-state index is 13.0. The van der Waals surface area contributed by atoms with Crippen LogP contribution in [0.15, 0.2) is 83.8 Å². The predicted octanol–water partition coefficient (Wildman–Crippen LogP) is 3.44. The van der Waals surface area contributed by atoms with Gasteiger partial charge in [-0.1, -0.05) is 42.5 Å². The Hall–Kier alpha value is -3.08. The Labute approximate surface area is 242 Å². The monoisotopic (exact) mass is 578 g/mol. The van der Waals surface area contributed by atoms with Crippen molar-refractivity contribution < 1.29 is 27.8 Å². The van der Waals surface area contributed by atoms with Gasteiger partial charge in [0, 0.05) is 32.7 Å². The van der Waals surface area contributed by atoms with Gasteiger partial charge in [-0.3, -0.25) is 9.80 Å². The third-order valence-corrected chi connectivity index (χ3v) is 9.63. The van der Waals surface area contributed by atoms with Crippen LogP contribution in [-0.2, 0) is 27.5 Å². The standard InChI is InChI=1S/C32H38N2O6S/c35-31-24-33(15-14-28(31)22-25-4-2-1-3-5-25)18-21-41(37,38)30-12-10-29(11-13-30)40-32(36)27-8-6-26(7-9-27)23-34-16-19-39-20-17-34/h1-13,28,31,35H,14-24H2/t28?,31-/m1/s1. The number of benzene rings is 3. The van der Waals surface area contributed by atoms with Crippen LogP contribution in [0.5, 0.6) is 5.75 Å². The molecule has 9 heteroatoms. The van der Waals surface area contributed by atoms with Gasteiger partial charge in [-0.15, -0.1) is 0 Å². The molecule has 0 aliphatic carbocycles. The molecule has 2 fully saturated rings. The predicted molar refractivity (Wildman–Crippen MR) is 157 cm³/mol. The molecule has 2 aliphatic rings. The van der Waals surface area contributed by atoms with E-state index in [1.54, 1.807) is 12.1 Å². The summed E-state index contributed by atoms with van der Waals surface area (Å²) in [5.74, 6) is -0.0739. The Bertz CT molecular complexity index is 1370. The van der Waals surface area contributed by atoms with E-state index in [9.17, 15) is 18.3 Å². The van der Waals surface area contributed by atoms with Gasteiger partial charge in [-0.05, 0) is 72.8 Å². The van der Waals surface area contributed by atoms with Crippen molar-refractivity contribution in [1.82, 2.24) is 9.80 Å². The molecule has 2 heterocycles. The smallest absolute Gasteiger partial charge is 0.343 e. The number of likely N-dealkylation sites (tertiary alicyclic amines) is 1. The summed E-state index contributed by atoms with van der Waals surface area (Å²) in [4.78, 5) is 17.1. The molecule has 0 amide bonds. The fraction of sp³-hybridized carbons (Fsp3) is 0.406. The summed E-state index contributed by atoms with van der Waals surface area (Å²) in [5.41, 5.74) is 2.75. The zero-order valence-corrected chi connectivity index (χ0v) is 24.0. The third kappa shape index (κ3) is 8.24. The first-order valence-corrected chi connectivity index (χ1v) is 15.9. The van der Waals surface area contributed by atoms with Crippen molar-refractivity contribution in [3.8, 4) is 5.75 Å². The summed E-state index contributed by atoms with van der Waals surface area (Å²) >= 11 is 0. The minimum atomic E-state index is -3.53. The van der Waals surface area contributed by atoms with E-state index in [2.05, 4.69) is 17.0 Å². The van der Waals surface area contributed by atoms with Gasteiger partial charge in [0.1, 0.15) is 5.75 Å². The normalized spacial score (nSPS) is 20.5. The van der Waals surface area contributed by atoms with Crippen LogP contribution in [0.4, 0.5) is 0 Å². The van der Waals surface area contributed by atoms with Crippen molar-refractivity contribution >= 4 is 15.8 Å². The Morgan fingerprint density at radius 1 is 0.878 bits per heavy atom. The number of sulfone groups is 1. The number of carbonyl (C=O) groups is 1. The molecule has 0 spiro atoms. The molecule has 0 saturated carbocycles. The van der Waals surface area contributed by atoms with Crippen molar-refractivity contribution in [2.45, 2.75) is 30.4 Å². The molecule has 2 atom stereocenters. The molecule has 218 valence electrons. The number of rotatable bonds is 10. The molecule has 3 aromatic carbocycles. The second-order valence-electron chi connectivity index (χ2n) is 10.9. The quantitative estimate of drug-likeness (QED) is 0.289. The lowest BCUT2D eigenvalue weighted by Crippen LogP contribution is -2.46. The highest BCUT2D eigenvalue weighted by Gasteiger charge is 2.28. The summed E-state index contributed by atoms with van der Waals surface area (Å²) in [5, 5.41) is 10.7. The van der Waals surface area contributed by atoms with Gasteiger partial charge in [-0.2, -0.15) is 0 Å². The zero-order valence-electron chi connectivity index (χ0n) is 23.2. The molecule has 2 saturated heterocycles. The first-order chi connectivity index (χ1) is 19.9. The van der Waals surface area contributed by atoms with Crippen molar-refractivity contribution in [1.29, 1.82) is 0 Å². The average molecular weight is 579 g/mol. The second-order valence-corrected chi connectivity index (χ2v) is 13.0. The number of esters is 1. The number of β-amino-alcohol motifs (C(OH)–C–C–N with tert-alkyl or cyclic N) is 1. The van der Waals surface area contributed by atoms with E-state index in [-0.39, 0.29) is 22.3 Å². The van der Waals surface area contributed by atoms with Crippen LogP contribution in [0.25, 0.3) is 0 Å². The minimum Gasteiger partial charge on any atom is -0.423 e. The van der Waals surface area contributed by atoms with Crippen molar-refractivity contribution in [3.05, 3.63) is 95.6 Å². The maximum atomic E-state index is 13.0. The molecule has 0 bridgehead atoms. The lowest BCUT2D eigenvalue weighted by molar-refractivity contribution is 0.0245. The second kappa shape index (κ2) is 13.7. The first-order valence-electron chi connectivity index (χ1n) is 14.2. The molecule has 2 aliphatic heterocycles. The molecule has 3 aromatic rings. The number of ether oxygens (including phenoxy) is 2. The maximum Gasteiger partial charge on any atom is 0.343 e. The van der Waals surface area contributed by atoms with Crippen LogP contribution in [0.1, 0.15) is 27.9 Å². The van der Waals surface area contributed by atoms with Gasteiger partial charge in [-0.25, -0.2) is 13.2 Å². The number of aliphatic hydroxyl groups excluding tert-OH is 1. The molecule has 1 N–H and O–H groups in total. The number of hydrogen-bond donors (Lipinski definition) is 1. The number of piperidine rings is 1. The van der Waals surface area contributed by atoms with Crippen molar-refractivity contribution in [2.24, 2.45) is 5.92 Å². The minimum absolute atomic E-state index is 0.0427. The van der Waals surface area contributed by atoms with Crippen molar-refractivity contribution in [2.75, 3.05) is 51.7 Å². The van der Waals surface area contributed by atoms with E-state index < -0.39 is 21.9 Å². The summed E-state index contributed by atoms with van der Waals surface area (Å²) < 4.78 is 36.8. The summed E-state index contributed by atoms with van der Waals surface area (Å²) in [6.07, 6.45) is 1.17. The molecule has 0 aromatic heterocycles. The van der Waals surface area contributed by atoms with Gasteiger partial charge in [0.2, 0.25) is 0 Å². The molecular formula is C32H38N2O6S. The lowest BCUT2D eigenvalue weighted by Gasteiger charge is -2.36. The van der Waals surface area contributed by atoms with Gasteiger partial charge in [0.25, 0.3) is 0 Å². The van der Waals surface area contributed by atoms with Gasteiger partial charge in [0.05, 0.1) is 35.5 Å². The molecule has 5 rings (SSSR count). The van der Waals surface area contributed by atoms with Crippen LogP contribution in [0.3, 0.4) is 0 Å². The first kappa shape index (κ1) is 29.4. The van der Waals surface area contributed by atoms with E-state index in [4.69, 9.17) is 9.47 Å². The van der Waals surface area contributed by atoms with Crippen molar-refractivity contribution in [3.63, 3.8) is 0 Å². The Balaban J connectivity index is 1.09. The Kier molecular flexibility index (Phi) is 9.84. The van der Waals surface area contributed by atoms with Gasteiger partial charge in [0.15, 0.2) is 9.84 Å². The molecule has 41 heavy (non-hydrogen) atoms. The van der Waals surface area contributed by atoms with E-state index in [1.807, 2.05) is 35.2 Å². The van der Waals surface area contributed by atoms with Crippen LogP contribution in [0.2, 0.25) is 0 Å². The number of morpholine rings is 1. The fourth-order valence-corrected chi connectivity index (χ4v) is 6.70. The fourth-order valence-electron chi connectivity index (χ4n) is 5.42. The highest BCUT2D eigenvalue weighted by atomic mass is 32.2. The molecule has 8 nitrogen and oxygen atoms in total. The Morgan fingerprint density at radius 3 is 2.27 bits per heavy atom. The molecule has 0 radical (unpaired) electrons. The van der Waals surface area contributed by atoms with E-state index in [0.717, 1.165) is 57.8 Å². The van der Waals surface area contributed by atoms with E-state index in [0.29, 0.717) is 18.7 Å². The lowest BCUT2D eigenvalue weighted by atomic mass is 9.88. The average Bonchev–Trinajstić information content (AvgIpc) is 2.99. The summed E-state index contributed by atoms with van der Waals surface area (Å²) in [6.45, 7) is 5.66. The van der Waals surface area contributed by atoms with Crippen LogP contribution >= 0.6 is 0 Å². The number of aliphatic hydroxyl groups is 1. The highest BCUT2D eigenvalue weighted by molar-refractivity contribution is 7.91. The summed E-state index contributed by atoms with van der Waals surface area (Å²) in [7, 11) is -3.53.